The highest BCUT2D eigenvalue weighted by Crippen LogP contribution is 2.30. The van der Waals surface area contributed by atoms with E-state index in [4.69, 9.17) is 4.55 Å². The Morgan fingerprint density at radius 1 is 1.08 bits per heavy atom. The number of rotatable bonds is 6. The Labute approximate surface area is 142 Å². The van der Waals surface area contributed by atoms with Crippen LogP contribution in [-0.2, 0) is 21.3 Å². The van der Waals surface area contributed by atoms with Crippen molar-refractivity contribution in [1.82, 2.24) is 4.90 Å². The predicted octanol–water partition coefficient (Wildman–Crippen LogP) is 2.22. The van der Waals surface area contributed by atoms with Crippen molar-refractivity contribution in [2.45, 2.75) is 45.2 Å². The van der Waals surface area contributed by atoms with Crippen LogP contribution in [0.4, 0.5) is 4.79 Å². The normalized spacial score (nSPS) is 14.7. The second-order valence-corrected chi connectivity index (χ2v) is 8.33. The summed E-state index contributed by atoms with van der Waals surface area (Å²) in [5.41, 5.74) is -1.93. The number of carboxylic acid groups (broad SMARTS) is 1. The number of carbonyl (C=O) groups is 2. The molecule has 0 bridgehead atoms. The first-order valence-electron chi connectivity index (χ1n) is 7.33. The van der Waals surface area contributed by atoms with Crippen LogP contribution in [0.1, 0.15) is 33.3 Å². The Morgan fingerprint density at radius 3 is 1.96 bits per heavy atom. The molecule has 1 rings (SSSR count). The molecule has 1 amide bonds. The van der Waals surface area contributed by atoms with Crippen molar-refractivity contribution in [2.24, 2.45) is 0 Å². The third-order valence-corrected chi connectivity index (χ3v) is 4.29. The molecule has 8 heteroatoms. The largest absolute Gasteiger partial charge is 0.465 e. The van der Waals surface area contributed by atoms with Gasteiger partial charge in [-0.05, 0) is 33.3 Å². The van der Waals surface area contributed by atoms with Crippen LogP contribution >= 0.6 is 0 Å². The number of hydrogen-bond donors (Lipinski definition) is 2. The van der Waals surface area contributed by atoms with Gasteiger partial charge in [-0.25, -0.2) is 4.79 Å². The molecule has 134 valence electrons. The van der Waals surface area contributed by atoms with Crippen LogP contribution in [0.2, 0.25) is 0 Å². The van der Waals surface area contributed by atoms with Crippen LogP contribution < -0.4 is 0 Å². The zero-order valence-corrected chi connectivity index (χ0v) is 15.0. The molecule has 0 saturated heterocycles. The average molecular weight is 357 g/mol. The molecule has 7 nitrogen and oxygen atoms in total. The van der Waals surface area contributed by atoms with E-state index >= 15 is 0 Å². The van der Waals surface area contributed by atoms with Crippen LogP contribution in [0, 0.1) is 0 Å². The van der Waals surface area contributed by atoms with Crippen molar-refractivity contribution in [3.8, 4) is 0 Å². The summed E-state index contributed by atoms with van der Waals surface area (Å²) in [6, 6.07) is 8.71. The third-order valence-electron chi connectivity index (χ3n) is 3.66. The van der Waals surface area contributed by atoms with Crippen LogP contribution in [0.3, 0.4) is 0 Å². The van der Waals surface area contributed by atoms with Gasteiger partial charge < -0.3 is 5.11 Å². The van der Waals surface area contributed by atoms with E-state index in [0.29, 0.717) is 5.56 Å². The Kier molecular flexibility index (Phi) is 5.78. The number of amides is 1. The van der Waals surface area contributed by atoms with E-state index in [9.17, 15) is 23.1 Å². The molecule has 0 aliphatic carbocycles. The molecule has 0 aliphatic rings. The first-order valence-corrected chi connectivity index (χ1v) is 8.94. The fourth-order valence-corrected chi connectivity index (χ4v) is 3.50. The number of Topliss-reactive ketones (excluding diaryl/α,β-unsaturated/α-hetero) is 1. The molecule has 0 spiro atoms. The molecule has 0 heterocycles. The van der Waals surface area contributed by atoms with Gasteiger partial charge in [0.1, 0.15) is 11.3 Å². The molecule has 0 radical (unpaired) electrons. The first kappa shape index (κ1) is 20.1. The Balaban J connectivity index is 3.44. The average Bonchev–Trinajstić information content (AvgIpc) is 2.35. The van der Waals surface area contributed by atoms with E-state index in [1.54, 1.807) is 51.1 Å². The van der Waals surface area contributed by atoms with Crippen LogP contribution in [0.5, 0.6) is 0 Å². The fraction of sp³-hybridized carbons (Fsp3) is 0.500. The first-order chi connectivity index (χ1) is 10.8. The Morgan fingerprint density at radius 2 is 1.58 bits per heavy atom. The van der Waals surface area contributed by atoms with Gasteiger partial charge in [0.2, 0.25) is 0 Å². The standard InChI is InChI=1S/C16H23NO6S/c1-15(2,3)17(14(19)20)16(4,13(18)11-24(21,22)23)10-12-8-6-5-7-9-12/h5-9H,10-11H2,1-4H3,(H,19,20)(H,21,22,23). The molecule has 1 atom stereocenters. The molecular weight excluding hydrogens is 334 g/mol. The van der Waals surface area contributed by atoms with Crippen molar-refractivity contribution in [2.75, 3.05) is 5.75 Å². The summed E-state index contributed by atoms with van der Waals surface area (Å²) in [5.74, 6) is -2.03. The predicted molar refractivity (Wildman–Crippen MR) is 89.6 cm³/mol. The Bertz CT molecular complexity index is 708. The van der Waals surface area contributed by atoms with Crippen molar-refractivity contribution in [3.63, 3.8) is 0 Å². The number of ketones is 1. The van der Waals surface area contributed by atoms with Crippen molar-refractivity contribution >= 4 is 22.0 Å². The number of nitrogens with zero attached hydrogens (tertiary/aromatic N) is 1. The van der Waals surface area contributed by atoms with Gasteiger partial charge >= 0.3 is 6.09 Å². The zero-order valence-electron chi connectivity index (χ0n) is 14.2. The van der Waals surface area contributed by atoms with E-state index in [0.717, 1.165) is 4.90 Å². The molecule has 24 heavy (non-hydrogen) atoms. The zero-order chi connectivity index (χ0) is 18.8. The number of benzene rings is 1. The third kappa shape index (κ3) is 5.04. The van der Waals surface area contributed by atoms with Crippen molar-refractivity contribution < 1.29 is 27.7 Å². The molecule has 1 aromatic carbocycles. The molecular formula is C16H23NO6S. The highest BCUT2D eigenvalue weighted by Gasteiger charge is 2.48. The van der Waals surface area contributed by atoms with Gasteiger partial charge in [0, 0.05) is 12.0 Å². The minimum Gasteiger partial charge on any atom is -0.465 e. The van der Waals surface area contributed by atoms with E-state index in [2.05, 4.69) is 0 Å². The van der Waals surface area contributed by atoms with Crippen molar-refractivity contribution in [1.29, 1.82) is 0 Å². The van der Waals surface area contributed by atoms with Gasteiger partial charge in [-0.1, -0.05) is 30.3 Å². The highest BCUT2D eigenvalue weighted by molar-refractivity contribution is 7.86. The smallest absolute Gasteiger partial charge is 0.408 e. The summed E-state index contributed by atoms with van der Waals surface area (Å²) in [6.07, 6.45) is -1.35. The molecule has 0 aromatic heterocycles. The monoisotopic (exact) mass is 357 g/mol. The quantitative estimate of drug-likeness (QED) is 0.755. The summed E-state index contributed by atoms with van der Waals surface area (Å²) >= 11 is 0. The SMILES string of the molecule is CC(C)(C)N(C(=O)O)C(C)(Cc1ccccc1)C(=O)CS(=O)(=O)O. The van der Waals surface area contributed by atoms with Gasteiger partial charge in [0.15, 0.2) is 5.78 Å². The lowest BCUT2D eigenvalue weighted by Gasteiger charge is -2.46. The van der Waals surface area contributed by atoms with Crippen LogP contribution in [0.25, 0.3) is 0 Å². The molecule has 0 aliphatic heterocycles. The lowest BCUT2D eigenvalue weighted by atomic mass is 9.84. The van der Waals surface area contributed by atoms with Gasteiger partial charge in [-0.15, -0.1) is 0 Å². The van der Waals surface area contributed by atoms with E-state index < -0.39 is 38.8 Å². The maximum absolute atomic E-state index is 12.6. The van der Waals surface area contributed by atoms with E-state index in [1.807, 2.05) is 0 Å². The summed E-state index contributed by atoms with van der Waals surface area (Å²) in [7, 11) is -4.57. The number of hydrogen-bond acceptors (Lipinski definition) is 4. The van der Waals surface area contributed by atoms with Gasteiger partial charge in [-0.2, -0.15) is 8.42 Å². The topological polar surface area (TPSA) is 112 Å². The second-order valence-electron chi connectivity index (χ2n) is 6.87. The lowest BCUT2D eigenvalue weighted by Crippen LogP contribution is -2.63. The van der Waals surface area contributed by atoms with Gasteiger partial charge in [0.05, 0.1) is 0 Å². The molecule has 1 aromatic rings. The Hall–Kier alpha value is -1.93. The maximum atomic E-state index is 12.6. The van der Waals surface area contributed by atoms with Gasteiger partial charge in [-0.3, -0.25) is 14.2 Å². The van der Waals surface area contributed by atoms with Crippen LogP contribution in [0.15, 0.2) is 30.3 Å². The van der Waals surface area contributed by atoms with Crippen LogP contribution in [-0.4, -0.2) is 51.7 Å². The number of carbonyl (C=O) groups excluding carboxylic acids is 1. The summed E-state index contributed by atoms with van der Waals surface area (Å²) in [4.78, 5) is 25.4. The minimum absolute atomic E-state index is 0.00817. The maximum Gasteiger partial charge on any atom is 0.408 e. The summed E-state index contributed by atoms with van der Waals surface area (Å²) < 4.78 is 31.3. The van der Waals surface area contributed by atoms with E-state index in [1.165, 1.54) is 6.92 Å². The van der Waals surface area contributed by atoms with Gasteiger partial charge in [0.25, 0.3) is 10.1 Å². The fourth-order valence-electron chi connectivity index (χ4n) is 2.86. The second kappa shape index (κ2) is 6.90. The van der Waals surface area contributed by atoms with Crippen molar-refractivity contribution in [3.05, 3.63) is 35.9 Å². The minimum atomic E-state index is -4.57. The lowest BCUT2D eigenvalue weighted by molar-refractivity contribution is -0.129. The molecule has 1 unspecified atom stereocenters. The molecule has 2 N–H and O–H groups in total. The highest BCUT2D eigenvalue weighted by atomic mass is 32.2. The molecule has 0 saturated carbocycles. The summed E-state index contributed by atoms with van der Waals surface area (Å²) in [5, 5.41) is 9.63. The molecule has 0 fully saturated rings. The summed E-state index contributed by atoms with van der Waals surface area (Å²) in [6.45, 7) is 6.23. The van der Waals surface area contributed by atoms with E-state index in [-0.39, 0.29) is 6.42 Å².